The fraction of sp³-hybridized carbons (Fsp3) is 0.833. The number of hydrogen-bond donors (Lipinski definition) is 1. The van der Waals surface area contributed by atoms with E-state index in [1.165, 1.54) is 25.7 Å². The van der Waals surface area contributed by atoms with Gasteiger partial charge in [-0.15, -0.1) is 0 Å². The van der Waals surface area contributed by atoms with Gasteiger partial charge in [0.25, 0.3) is 0 Å². The minimum Gasteiger partial charge on any atom is -0.327 e. The average Bonchev–Trinajstić information content (AvgIpc) is 2.64. The van der Waals surface area contributed by atoms with Crippen molar-refractivity contribution in [2.45, 2.75) is 45.1 Å². The second-order valence-electron chi connectivity index (χ2n) is 5.20. The molecule has 1 aromatic rings. The van der Waals surface area contributed by atoms with Crippen LogP contribution < -0.4 is 5.73 Å². The highest BCUT2D eigenvalue weighted by molar-refractivity contribution is 4.91. The summed E-state index contributed by atoms with van der Waals surface area (Å²) in [6.45, 7) is 2.33. The molecule has 0 bridgehead atoms. The zero-order valence-electron chi connectivity index (χ0n) is 10.3. The Morgan fingerprint density at radius 3 is 3.00 bits per heavy atom. The zero-order valence-corrected chi connectivity index (χ0v) is 10.3. The maximum atomic E-state index is 6.29. The van der Waals surface area contributed by atoms with Crippen LogP contribution in [0.4, 0.5) is 0 Å². The van der Waals surface area contributed by atoms with Gasteiger partial charge in [-0.05, 0) is 24.7 Å². The van der Waals surface area contributed by atoms with Crippen LogP contribution in [0.1, 0.15) is 38.4 Å². The minimum atomic E-state index is 0.241. The highest BCUT2D eigenvalue weighted by Crippen LogP contribution is 2.30. The number of nitrogens with two attached hydrogens (primary N) is 1. The van der Waals surface area contributed by atoms with Crippen LogP contribution in [0.3, 0.4) is 0 Å². The van der Waals surface area contributed by atoms with Crippen LogP contribution in [0.5, 0.6) is 0 Å². The molecule has 1 aliphatic rings. The molecular weight excluding hydrogens is 200 g/mol. The Morgan fingerprint density at radius 1 is 1.56 bits per heavy atom. The summed E-state index contributed by atoms with van der Waals surface area (Å²) in [6.07, 6.45) is 7.72. The third-order valence-corrected chi connectivity index (χ3v) is 3.81. The summed E-state index contributed by atoms with van der Waals surface area (Å²) in [6, 6.07) is 0.241. The SMILES string of the molecule is CC1CCCC(C(N)Cc2ncnn2C)C1. The van der Waals surface area contributed by atoms with E-state index in [-0.39, 0.29) is 6.04 Å². The number of aryl methyl sites for hydroxylation is 1. The molecule has 4 heteroatoms. The van der Waals surface area contributed by atoms with Gasteiger partial charge in [-0.2, -0.15) is 5.10 Å². The van der Waals surface area contributed by atoms with Crippen molar-refractivity contribution >= 4 is 0 Å². The summed E-state index contributed by atoms with van der Waals surface area (Å²) in [4.78, 5) is 4.24. The zero-order chi connectivity index (χ0) is 11.5. The van der Waals surface area contributed by atoms with Crippen molar-refractivity contribution in [2.24, 2.45) is 24.6 Å². The lowest BCUT2D eigenvalue weighted by Crippen LogP contribution is -2.36. The molecule has 3 unspecified atom stereocenters. The number of aromatic nitrogens is 3. The van der Waals surface area contributed by atoms with Gasteiger partial charge in [0.15, 0.2) is 0 Å². The van der Waals surface area contributed by atoms with Gasteiger partial charge in [0.1, 0.15) is 12.2 Å². The van der Waals surface area contributed by atoms with Crippen molar-refractivity contribution in [2.75, 3.05) is 0 Å². The first kappa shape index (κ1) is 11.6. The average molecular weight is 222 g/mol. The molecule has 90 valence electrons. The number of hydrogen-bond acceptors (Lipinski definition) is 3. The van der Waals surface area contributed by atoms with Gasteiger partial charge >= 0.3 is 0 Å². The molecule has 0 saturated heterocycles. The molecule has 1 saturated carbocycles. The van der Waals surface area contributed by atoms with Crippen molar-refractivity contribution in [1.29, 1.82) is 0 Å². The summed E-state index contributed by atoms with van der Waals surface area (Å²) in [5.74, 6) is 2.51. The maximum absolute atomic E-state index is 6.29. The number of nitrogens with zero attached hydrogens (tertiary/aromatic N) is 3. The lowest BCUT2D eigenvalue weighted by atomic mass is 9.78. The molecule has 1 heterocycles. The molecule has 16 heavy (non-hydrogen) atoms. The Kier molecular flexibility index (Phi) is 3.59. The highest BCUT2D eigenvalue weighted by atomic mass is 15.3. The molecule has 1 fully saturated rings. The molecule has 1 aliphatic carbocycles. The molecule has 4 nitrogen and oxygen atoms in total. The van der Waals surface area contributed by atoms with E-state index >= 15 is 0 Å². The molecule has 0 aromatic carbocycles. The molecule has 0 spiro atoms. The van der Waals surface area contributed by atoms with E-state index in [1.54, 1.807) is 6.33 Å². The molecule has 0 radical (unpaired) electrons. The third-order valence-electron chi connectivity index (χ3n) is 3.81. The van der Waals surface area contributed by atoms with Crippen molar-refractivity contribution in [1.82, 2.24) is 14.8 Å². The van der Waals surface area contributed by atoms with Gasteiger partial charge in [-0.3, -0.25) is 4.68 Å². The largest absolute Gasteiger partial charge is 0.327 e. The summed E-state index contributed by atoms with van der Waals surface area (Å²) in [7, 11) is 1.93. The van der Waals surface area contributed by atoms with Crippen molar-refractivity contribution < 1.29 is 0 Å². The predicted molar refractivity (Wildman–Crippen MR) is 63.8 cm³/mol. The predicted octanol–water partition coefficient (Wildman–Crippen LogP) is 1.51. The summed E-state index contributed by atoms with van der Waals surface area (Å²) in [5.41, 5.74) is 6.29. The van der Waals surface area contributed by atoms with E-state index in [1.807, 2.05) is 11.7 Å². The van der Waals surface area contributed by atoms with E-state index in [4.69, 9.17) is 5.73 Å². The van der Waals surface area contributed by atoms with Gasteiger partial charge in [0.05, 0.1) is 0 Å². The van der Waals surface area contributed by atoms with E-state index in [0.717, 1.165) is 18.2 Å². The lowest BCUT2D eigenvalue weighted by Gasteiger charge is -2.30. The van der Waals surface area contributed by atoms with Crippen LogP contribution in [0, 0.1) is 11.8 Å². The van der Waals surface area contributed by atoms with Gasteiger partial charge in [0.2, 0.25) is 0 Å². The van der Waals surface area contributed by atoms with Gasteiger partial charge < -0.3 is 5.73 Å². The summed E-state index contributed by atoms with van der Waals surface area (Å²) < 4.78 is 1.83. The van der Waals surface area contributed by atoms with Crippen LogP contribution in [0.25, 0.3) is 0 Å². The minimum absolute atomic E-state index is 0.241. The monoisotopic (exact) mass is 222 g/mol. The smallest absolute Gasteiger partial charge is 0.138 e. The van der Waals surface area contributed by atoms with E-state index in [2.05, 4.69) is 17.0 Å². The van der Waals surface area contributed by atoms with Gasteiger partial charge in [-0.25, -0.2) is 4.98 Å². The Labute approximate surface area is 97.2 Å². The van der Waals surface area contributed by atoms with E-state index in [0.29, 0.717) is 5.92 Å². The Hall–Kier alpha value is -0.900. The first-order chi connectivity index (χ1) is 7.66. The van der Waals surface area contributed by atoms with Crippen LogP contribution in [-0.4, -0.2) is 20.8 Å². The normalized spacial score (nSPS) is 27.9. The van der Waals surface area contributed by atoms with Crippen LogP contribution in [0.2, 0.25) is 0 Å². The summed E-state index contributed by atoms with van der Waals surface area (Å²) >= 11 is 0. The molecule has 2 N–H and O–H groups in total. The van der Waals surface area contributed by atoms with Crippen molar-refractivity contribution in [3.05, 3.63) is 12.2 Å². The second-order valence-corrected chi connectivity index (χ2v) is 5.20. The van der Waals surface area contributed by atoms with E-state index in [9.17, 15) is 0 Å². The van der Waals surface area contributed by atoms with E-state index < -0.39 is 0 Å². The fourth-order valence-electron chi connectivity index (χ4n) is 2.75. The molecule has 0 aliphatic heterocycles. The lowest BCUT2D eigenvalue weighted by molar-refractivity contribution is 0.243. The van der Waals surface area contributed by atoms with Gasteiger partial charge in [-0.1, -0.05) is 19.8 Å². The van der Waals surface area contributed by atoms with Crippen molar-refractivity contribution in [3.8, 4) is 0 Å². The molecule has 3 atom stereocenters. The topological polar surface area (TPSA) is 56.7 Å². The fourth-order valence-corrected chi connectivity index (χ4v) is 2.75. The molecule has 0 amide bonds. The van der Waals surface area contributed by atoms with Crippen LogP contribution in [0.15, 0.2) is 6.33 Å². The molecule has 1 aromatic heterocycles. The second kappa shape index (κ2) is 4.95. The Bertz CT molecular complexity index is 334. The Balaban J connectivity index is 1.92. The van der Waals surface area contributed by atoms with Crippen LogP contribution >= 0.6 is 0 Å². The third kappa shape index (κ3) is 2.61. The Morgan fingerprint density at radius 2 is 2.38 bits per heavy atom. The summed E-state index contributed by atoms with van der Waals surface area (Å²) in [5, 5.41) is 4.08. The number of rotatable bonds is 3. The quantitative estimate of drug-likeness (QED) is 0.843. The first-order valence-electron chi connectivity index (χ1n) is 6.25. The van der Waals surface area contributed by atoms with Crippen molar-refractivity contribution in [3.63, 3.8) is 0 Å². The maximum Gasteiger partial charge on any atom is 0.138 e. The highest BCUT2D eigenvalue weighted by Gasteiger charge is 2.25. The molecule has 2 rings (SSSR count). The first-order valence-corrected chi connectivity index (χ1v) is 6.25. The molecular formula is C12H22N4. The van der Waals surface area contributed by atoms with Crippen LogP contribution in [-0.2, 0) is 13.5 Å². The van der Waals surface area contributed by atoms with Gasteiger partial charge in [0, 0.05) is 19.5 Å². The standard InChI is InChI=1S/C12H22N4/c1-9-4-3-5-10(6-9)11(13)7-12-14-8-15-16(12)2/h8-11H,3-7,13H2,1-2H3.